The van der Waals surface area contributed by atoms with Gasteiger partial charge in [0.25, 0.3) is 0 Å². The number of rotatable bonds is 3. The Morgan fingerprint density at radius 1 is 1.33 bits per heavy atom. The molecule has 0 atom stereocenters. The van der Waals surface area contributed by atoms with Crippen LogP contribution in [-0.2, 0) is 11.2 Å². The first-order valence-corrected chi connectivity index (χ1v) is 4.29. The van der Waals surface area contributed by atoms with Crippen molar-refractivity contribution in [3.8, 4) is 11.4 Å². The van der Waals surface area contributed by atoms with Crippen molar-refractivity contribution in [2.24, 2.45) is 0 Å². The van der Waals surface area contributed by atoms with E-state index in [4.69, 9.17) is 0 Å². The van der Waals surface area contributed by atoms with E-state index in [1.807, 2.05) is 18.2 Å². The van der Waals surface area contributed by atoms with Crippen molar-refractivity contribution < 1.29 is 4.79 Å². The van der Waals surface area contributed by atoms with Gasteiger partial charge in [-0.05, 0) is 12.1 Å². The molecule has 78 valence electrons. The van der Waals surface area contributed by atoms with E-state index in [1.165, 1.54) is 0 Å². The Balaban J connectivity index is 0.00000112. The first-order chi connectivity index (χ1) is 6.90. The van der Waals surface area contributed by atoms with Gasteiger partial charge in [0.2, 0.25) is 0 Å². The minimum atomic E-state index is 0. The molecule has 2 aromatic rings. The van der Waals surface area contributed by atoms with Crippen molar-refractivity contribution in [1.29, 1.82) is 0 Å². The van der Waals surface area contributed by atoms with Gasteiger partial charge in [-0.15, -0.1) is 12.4 Å². The lowest BCUT2D eigenvalue weighted by Gasteiger charge is -1.93. The minimum absolute atomic E-state index is 0. The summed E-state index contributed by atoms with van der Waals surface area (Å²) in [7, 11) is 0. The lowest BCUT2D eigenvalue weighted by molar-refractivity contribution is -0.107. The van der Waals surface area contributed by atoms with Gasteiger partial charge >= 0.3 is 0 Å². The van der Waals surface area contributed by atoms with Gasteiger partial charge in [-0.3, -0.25) is 4.98 Å². The molecule has 2 rings (SSSR count). The fourth-order valence-electron chi connectivity index (χ4n) is 1.20. The van der Waals surface area contributed by atoms with Crippen molar-refractivity contribution in [3.05, 3.63) is 36.4 Å². The maximum absolute atomic E-state index is 10.2. The van der Waals surface area contributed by atoms with Crippen LogP contribution in [0.4, 0.5) is 0 Å². The maximum atomic E-state index is 10.2. The Labute approximate surface area is 93.2 Å². The third kappa shape index (κ3) is 2.63. The highest BCUT2D eigenvalue weighted by Crippen LogP contribution is 2.12. The maximum Gasteiger partial charge on any atom is 0.127 e. The summed E-state index contributed by atoms with van der Waals surface area (Å²) >= 11 is 0. The monoisotopic (exact) mass is 223 g/mol. The molecular formula is C10H10ClN3O. The average Bonchev–Trinajstić information content (AvgIpc) is 2.68. The summed E-state index contributed by atoms with van der Waals surface area (Å²) in [6.07, 6.45) is 4.53. The van der Waals surface area contributed by atoms with Gasteiger partial charge in [0.15, 0.2) is 0 Å². The molecule has 0 spiro atoms. The summed E-state index contributed by atoms with van der Waals surface area (Å²) in [5.74, 6) is 0.667. The zero-order valence-corrected chi connectivity index (χ0v) is 8.70. The van der Waals surface area contributed by atoms with Gasteiger partial charge < -0.3 is 9.78 Å². The number of aldehydes is 1. The Bertz CT molecular complexity index is 427. The van der Waals surface area contributed by atoms with Crippen LogP contribution >= 0.6 is 12.4 Å². The molecule has 2 aromatic heterocycles. The van der Waals surface area contributed by atoms with E-state index in [1.54, 1.807) is 12.4 Å². The first-order valence-electron chi connectivity index (χ1n) is 4.29. The van der Waals surface area contributed by atoms with Crippen LogP contribution in [0.3, 0.4) is 0 Å². The number of halogens is 1. The summed E-state index contributed by atoms with van der Waals surface area (Å²) in [6, 6.07) is 5.65. The SMILES string of the molecule is Cl.O=CCc1ncc(-c2ccccn2)[nH]1. The predicted octanol–water partition coefficient (Wildman–Crippen LogP) is 1.63. The molecular weight excluding hydrogens is 214 g/mol. The quantitative estimate of drug-likeness (QED) is 0.805. The second-order valence-corrected chi connectivity index (χ2v) is 2.83. The Morgan fingerprint density at radius 2 is 2.20 bits per heavy atom. The second kappa shape index (κ2) is 5.26. The molecule has 0 unspecified atom stereocenters. The number of nitrogens with zero attached hydrogens (tertiary/aromatic N) is 2. The smallest absolute Gasteiger partial charge is 0.127 e. The van der Waals surface area contributed by atoms with E-state index in [9.17, 15) is 4.79 Å². The first kappa shape index (κ1) is 11.4. The van der Waals surface area contributed by atoms with E-state index in [-0.39, 0.29) is 12.4 Å². The molecule has 0 aliphatic carbocycles. The van der Waals surface area contributed by atoms with E-state index < -0.39 is 0 Å². The summed E-state index contributed by atoms with van der Waals surface area (Å²) in [5.41, 5.74) is 1.67. The van der Waals surface area contributed by atoms with Gasteiger partial charge in [-0.1, -0.05) is 6.07 Å². The zero-order chi connectivity index (χ0) is 9.80. The standard InChI is InChI=1S/C10H9N3O.ClH/c14-6-4-10-12-7-9(13-10)8-3-1-2-5-11-8;/h1-3,5-7H,4H2,(H,12,13);1H. The molecule has 5 heteroatoms. The number of hydrogen-bond acceptors (Lipinski definition) is 3. The average molecular weight is 224 g/mol. The summed E-state index contributed by atoms with van der Waals surface area (Å²) in [4.78, 5) is 21.5. The number of pyridine rings is 1. The lowest BCUT2D eigenvalue weighted by Crippen LogP contribution is -1.88. The van der Waals surface area contributed by atoms with Crippen LogP contribution in [0.2, 0.25) is 0 Å². The fraction of sp³-hybridized carbons (Fsp3) is 0.100. The van der Waals surface area contributed by atoms with Gasteiger partial charge in [-0.2, -0.15) is 0 Å². The van der Waals surface area contributed by atoms with Crippen LogP contribution in [0, 0.1) is 0 Å². The number of imidazole rings is 1. The molecule has 1 N–H and O–H groups in total. The molecule has 15 heavy (non-hydrogen) atoms. The van der Waals surface area contributed by atoms with E-state index >= 15 is 0 Å². The Kier molecular flexibility index (Phi) is 4.00. The molecule has 4 nitrogen and oxygen atoms in total. The third-order valence-corrected chi connectivity index (χ3v) is 1.85. The number of H-pyrrole nitrogens is 1. The van der Waals surface area contributed by atoms with Crippen LogP contribution in [0.1, 0.15) is 5.82 Å². The third-order valence-electron chi connectivity index (χ3n) is 1.85. The largest absolute Gasteiger partial charge is 0.340 e. The van der Waals surface area contributed by atoms with Gasteiger partial charge in [0.1, 0.15) is 12.1 Å². The molecule has 0 aliphatic rings. The highest BCUT2D eigenvalue weighted by molar-refractivity contribution is 5.85. The van der Waals surface area contributed by atoms with Gasteiger partial charge in [-0.25, -0.2) is 4.98 Å². The van der Waals surface area contributed by atoms with Crippen molar-refractivity contribution in [2.75, 3.05) is 0 Å². The fourth-order valence-corrected chi connectivity index (χ4v) is 1.20. The molecule has 2 heterocycles. The molecule has 0 radical (unpaired) electrons. The summed E-state index contributed by atoms with van der Waals surface area (Å²) in [6.45, 7) is 0. The number of carbonyl (C=O) groups is 1. The second-order valence-electron chi connectivity index (χ2n) is 2.83. The molecule has 0 fully saturated rings. The number of carbonyl (C=O) groups excluding carboxylic acids is 1. The Hall–Kier alpha value is -1.68. The van der Waals surface area contributed by atoms with E-state index in [0.29, 0.717) is 12.2 Å². The van der Waals surface area contributed by atoms with E-state index in [2.05, 4.69) is 15.0 Å². The molecule has 0 aliphatic heterocycles. The molecule has 0 saturated heterocycles. The Morgan fingerprint density at radius 3 is 2.87 bits per heavy atom. The van der Waals surface area contributed by atoms with Crippen LogP contribution in [-0.4, -0.2) is 21.2 Å². The van der Waals surface area contributed by atoms with Crippen LogP contribution < -0.4 is 0 Å². The highest BCUT2D eigenvalue weighted by atomic mass is 35.5. The normalized spacial score (nSPS) is 9.33. The minimum Gasteiger partial charge on any atom is -0.340 e. The number of aromatic amines is 1. The summed E-state index contributed by atoms with van der Waals surface area (Å²) in [5, 5.41) is 0. The van der Waals surface area contributed by atoms with Crippen molar-refractivity contribution in [2.45, 2.75) is 6.42 Å². The molecule has 0 amide bonds. The lowest BCUT2D eigenvalue weighted by atomic mass is 10.3. The predicted molar refractivity (Wildman–Crippen MR) is 58.8 cm³/mol. The molecule has 0 saturated carbocycles. The zero-order valence-electron chi connectivity index (χ0n) is 7.88. The highest BCUT2D eigenvalue weighted by Gasteiger charge is 2.02. The van der Waals surface area contributed by atoms with Gasteiger partial charge in [0.05, 0.1) is 24.0 Å². The van der Waals surface area contributed by atoms with Crippen LogP contribution in [0.25, 0.3) is 11.4 Å². The van der Waals surface area contributed by atoms with Gasteiger partial charge in [0, 0.05) is 6.20 Å². The van der Waals surface area contributed by atoms with Crippen LogP contribution in [0.5, 0.6) is 0 Å². The number of nitrogens with one attached hydrogen (secondary N) is 1. The summed E-state index contributed by atoms with van der Waals surface area (Å²) < 4.78 is 0. The molecule has 0 bridgehead atoms. The number of aromatic nitrogens is 3. The van der Waals surface area contributed by atoms with Crippen molar-refractivity contribution in [1.82, 2.24) is 15.0 Å². The number of hydrogen-bond donors (Lipinski definition) is 1. The van der Waals surface area contributed by atoms with Crippen molar-refractivity contribution >= 4 is 18.7 Å². The van der Waals surface area contributed by atoms with Crippen molar-refractivity contribution in [3.63, 3.8) is 0 Å². The van der Waals surface area contributed by atoms with Crippen LogP contribution in [0.15, 0.2) is 30.6 Å². The van der Waals surface area contributed by atoms with E-state index in [0.717, 1.165) is 17.7 Å². The topological polar surface area (TPSA) is 58.6 Å². The molecule has 0 aromatic carbocycles.